The van der Waals surface area contributed by atoms with Crippen LogP contribution in [0.1, 0.15) is 30.9 Å². The van der Waals surface area contributed by atoms with E-state index in [1.165, 1.54) is 12.1 Å². The summed E-state index contributed by atoms with van der Waals surface area (Å²) in [6, 6.07) is 20.1. The van der Waals surface area contributed by atoms with Crippen LogP contribution in [0.5, 0.6) is 17.2 Å². The molecule has 0 bridgehead atoms. The molecule has 0 amide bonds. The number of rotatable bonds is 11. The molecule has 0 aliphatic heterocycles. The number of hydrogen-bond donors (Lipinski definition) is 1. The van der Waals surface area contributed by atoms with E-state index >= 15 is 0 Å². The third-order valence-corrected chi connectivity index (χ3v) is 5.06. The summed E-state index contributed by atoms with van der Waals surface area (Å²) in [6.45, 7) is 2.30. The summed E-state index contributed by atoms with van der Waals surface area (Å²) in [7, 11) is 0. The first-order valence-corrected chi connectivity index (χ1v) is 10.7. The van der Waals surface area contributed by atoms with E-state index in [9.17, 15) is 23.1 Å². The fourth-order valence-electron chi connectivity index (χ4n) is 3.18. The number of ether oxygens (including phenoxy) is 3. The van der Waals surface area contributed by atoms with Crippen molar-refractivity contribution in [2.75, 3.05) is 0 Å². The van der Waals surface area contributed by atoms with Gasteiger partial charge in [-0.05, 0) is 60.5 Å². The van der Waals surface area contributed by atoms with Gasteiger partial charge in [0, 0.05) is 6.42 Å². The zero-order valence-electron chi connectivity index (χ0n) is 18.5. The van der Waals surface area contributed by atoms with Gasteiger partial charge in [0.1, 0.15) is 17.2 Å². The third kappa shape index (κ3) is 7.52. The zero-order chi connectivity index (χ0) is 24.6. The third-order valence-electron chi connectivity index (χ3n) is 5.06. The van der Waals surface area contributed by atoms with Gasteiger partial charge in [-0.1, -0.05) is 37.3 Å². The molecule has 34 heavy (non-hydrogen) atoms. The van der Waals surface area contributed by atoms with Crippen LogP contribution >= 0.6 is 0 Å². The second kappa shape index (κ2) is 11.6. The van der Waals surface area contributed by atoms with Crippen molar-refractivity contribution in [3.05, 3.63) is 90.0 Å². The molecule has 0 aromatic heterocycles. The van der Waals surface area contributed by atoms with Crippen LogP contribution in [-0.2, 0) is 22.3 Å². The fraction of sp³-hybridized carbons (Fsp3) is 0.269. The molecule has 0 spiro atoms. The molecular weight excluding hydrogens is 449 g/mol. The van der Waals surface area contributed by atoms with Crippen molar-refractivity contribution < 1.29 is 37.3 Å². The molecule has 3 aromatic carbocycles. The number of alkyl halides is 3. The van der Waals surface area contributed by atoms with Crippen LogP contribution in [-0.4, -0.2) is 23.3 Å². The van der Waals surface area contributed by atoms with E-state index in [0.717, 1.165) is 17.7 Å². The Bertz CT molecular complexity index is 1030. The van der Waals surface area contributed by atoms with E-state index in [2.05, 4.69) is 0 Å². The summed E-state index contributed by atoms with van der Waals surface area (Å²) in [5.74, 6) is -0.167. The van der Waals surface area contributed by atoms with Gasteiger partial charge >= 0.3 is 12.1 Å². The highest BCUT2D eigenvalue weighted by molar-refractivity contribution is 5.72. The van der Waals surface area contributed by atoms with Crippen LogP contribution < -0.4 is 9.47 Å². The Balaban J connectivity index is 1.57. The molecule has 0 saturated heterocycles. The van der Waals surface area contributed by atoms with E-state index < -0.39 is 23.8 Å². The minimum Gasteiger partial charge on any atom is -0.479 e. The highest BCUT2D eigenvalue weighted by Crippen LogP contribution is 2.31. The summed E-state index contributed by atoms with van der Waals surface area (Å²) in [6.07, 6.45) is -5.03. The van der Waals surface area contributed by atoms with E-state index in [4.69, 9.17) is 14.2 Å². The van der Waals surface area contributed by atoms with Crippen molar-refractivity contribution >= 4 is 5.97 Å². The maximum Gasteiger partial charge on any atom is 0.416 e. The molecule has 0 heterocycles. The molecule has 3 rings (SSSR count). The van der Waals surface area contributed by atoms with Crippen molar-refractivity contribution in [3.63, 3.8) is 0 Å². The van der Waals surface area contributed by atoms with Crippen molar-refractivity contribution in [1.29, 1.82) is 0 Å². The molecule has 2 atom stereocenters. The monoisotopic (exact) mass is 474 g/mol. The Morgan fingerprint density at radius 3 is 1.97 bits per heavy atom. The van der Waals surface area contributed by atoms with E-state index in [1.54, 1.807) is 24.3 Å². The number of carboxylic acid groups (broad SMARTS) is 1. The lowest BCUT2D eigenvalue weighted by molar-refractivity contribution is -0.147. The topological polar surface area (TPSA) is 65.0 Å². The van der Waals surface area contributed by atoms with Crippen molar-refractivity contribution in [2.45, 2.75) is 44.8 Å². The van der Waals surface area contributed by atoms with Crippen LogP contribution in [0.15, 0.2) is 78.9 Å². The fourth-order valence-corrected chi connectivity index (χ4v) is 3.18. The Hall–Kier alpha value is -3.52. The second-order valence-corrected chi connectivity index (χ2v) is 7.60. The standard InChI is InChI=1S/C26H25F3O5/c1-2-20(32-17-18-6-4-3-5-7-18)16-24(25(30)31)34-23-14-12-22(13-15-23)33-21-10-8-19(9-11-21)26(27,28)29/h3-15,20,24H,2,16-17H2,1H3,(H,30,31). The van der Waals surface area contributed by atoms with Crippen molar-refractivity contribution in [1.82, 2.24) is 0 Å². The first-order valence-electron chi connectivity index (χ1n) is 10.7. The van der Waals surface area contributed by atoms with Gasteiger partial charge in [0.05, 0.1) is 18.3 Å². The van der Waals surface area contributed by atoms with Crippen molar-refractivity contribution in [3.8, 4) is 17.2 Å². The predicted octanol–water partition coefficient (Wildman–Crippen LogP) is 6.72. The molecule has 8 heteroatoms. The molecule has 2 unspecified atom stereocenters. The van der Waals surface area contributed by atoms with E-state index in [-0.39, 0.29) is 18.3 Å². The molecule has 0 saturated carbocycles. The van der Waals surface area contributed by atoms with Gasteiger partial charge in [0.15, 0.2) is 6.10 Å². The van der Waals surface area contributed by atoms with Crippen LogP contribution in [0.2, 0.25) is 0 Å². The molecule has 5 nitrogen and oxygen atoms in total. The number of benzene rings is 3. The van der Waals surface area contributed by atoms with E-state index in [0.29, 0.717) is 24.5 Å². The van der Waals surface area contributed by atoms with Gasteiger partial charge < -0.3 is 19.3 Å². The Morgan fingerprint density at radius 2 is 1.44 bits per heavy atom. The lowest BCUT2D eigenvalue weighted by Crippen LogP contribution is -2.32. The van der Waals surface area contributed by atoms with Crippen molar-refractivity contribution in [2.24, 2.45) is 0 Å². The lowest BCUT2D eigenvalue weighted by Gasteiger charge is -2.21. The first kappa shape index (κ1) is 25.1. The molecule has 180 valence electrons. The normalized spacial score (nSPS) is 13.2. The smallest absolute Gasteiger partial charge is 0.416 e. The summed E-state index contributed by atoms with van der Waals surface area (Å²) in [4.78, 5) is 11.8. The number of hydrogen-bond acceptors (Lipinski definition) is 4. The molecule has 0 radical (unpaired) electrons. The average Bonchev–Trinajstić information content (AvgIpc) is 2.82. The number of halogens is 3. The minimum absolute atomic E-state index is 0.169. The Morgan fingerprint density at radius 1 is 0.882 bits per heavy atom. The van der Waals surface area contributed by atoms with Crippen LogP contribution in [0, 0.1) is 0 Å². The second-order valence-electron chi connectivity index (χ2n) is 7.60. The van der Waals surface area contributed by atoms with Crippen LogP contribution in [0.25, 0.3) is 0 Å². The number of carbonyl (C=O) groups is 1. The predicted molar refractivity (Wildman–Crippen MR) is 120 cm³/mol. The minimum atomic E-state index is -4.42. The molecule has 3 aromatic rings. The first-order chi connectivity index (χ1) is 16.2. The highest BCUT2D eigenvalue weighted by Gasteiger charge is 2.30. The maximum absolute atomic E-state index is 12.7. The van der Waals surface area contributed by atoms with E-state index in [1.807, 2.05) is 37.3 Å². The maximum atomic E-state index is 12.7. The highest BCUT2D eigenvalue weighted by atomic mass is 19.4. The van der Waals surface area contributed by atoms with Gasteiger partial charge in [0.25, 0.3) is 0 Å². The Labute approximate surface area is 195 Å². The van der Waals surface area contributed by atoms with Gasteiger partial charge in [-0.15, -0.1) is 0 Å². The Kier molecular flexibility index (Phi) is 8.54. The van der Waals surface area contributed by atoms with Gasteiger partial charge in [0.2, 0.25) is 0 Å². The average molecular weight is 474 g/mol. The summed E-state index contributed by atoms with van der Waals surface area (Å²) >= 11 is 0. The SMILES string of the molecule is CCC(CC(Oc1ccc(Oc2ccc(C(F)(F)F)cc2)cc1)C(=O)O)OCc1ccccc1. The molecule has 0 fully saturated rings. The summed E-state index contributed by atoms with van der Waals surface area (Å²) < 4.78 is 55.1. The number of aliphatic carboxylic acids is 1. The quantitative estimate of drug-likeness (QED) is 0.334. The van der Waals surface area contributed by atoms with Gasteiger partial charge in [-0.2, -0.15) is 13.2 Å². The lowest BCUT2D eigenvalue weighted by atomic mass is 10.1. The summed E-state index contributed by atoms with van der Waals surface area (Å²) in [5, 5.41) is 9.61. The van der Waals surface area contributed by atoms with Gasteiger partial charge in [-0.3, -0.25) is 0 Å². The van der Waals surface area contributed by atoms with Crippen LogP contribution in [0.3, 0.4) is 0 Å². The number of carboxylic acids is 1. The van der Waals surface area contributed by atoms with Crippen LogP contribution in [0.4, 0.5) is 13.2 Å². The zero-order valence-corrected chi connectivity index (χ0v) is 18.5. The largest absolute Gasteiger partial charge is 0.479 e. The molecular formula is C26H25F3O5. The molecule has 1 N–H and O–H groups in total. The molecule has 0 aliphatic rings. The molecule has 0 aliphatic carbocycles. The summed E-state index contributed by atoms with van der Waals surface area (Å²) in [5.41, 5.74) is 0.235. The van der Waals surface area contributed by atoms with Gasteiger partial charge in [-0.25, -0.2) is 4.79 Å².